The summed E-state index contributed by atoms with van der Waals surface area (Å²) in [5, 5.41) is 4.95. The molecule has 0 spiro atoms. The molecule has 0 aliphatic carbocycles. The van der Waals surface area contributed by atoms with E-state index in [9.17, 15) is 4.79 Å². The van der Waals surface area contributed by atoms with Gasteiger partial charge in [0.2, 0.25) is 5.89 Å². The lowest BCUT2D eigenvalue weighted by atomic mass is 10.1. The molecule has 4 aromatic carbocycles. The summed E-state index contributed by atoms with van der Waals surface area (Å²) in [5.74, 6) is 0.992. The van der Waals surface area contributed by atoms with Crippen LogP contribution in [0.2, 0.25) is 0 Å². The number of carbonyl (C=O) groups excluding carboxylic acids is 1. The van der Waals surface area contributed by atoms with Gasteiger partial charge >= 0.3 is 0 Å². The van der Waals surface area contributed by atoms with Gasteiger partial charge in [-0.15, -0.1) is 0 Å². The van der Waals surface area contributed by atoms with Gasteiger partial charge in [-0.05, 0) is 48.7 Å². The maximum Gasteiger partial charge on any atom is 0.265 e. The SMILES string of the molecule is CC(Oc1cccc2ccccc12)C(=O)Nc1ccc2oc(-c3ccccc3)nc2c1. The largest absolute Gasteiger partial charge is 0.480 e. The van der Waals surface area contributed by atoms with Gasteiger partial charge in [-0.2, -0.15) is 0 Å². The van der Waals surface area contributed by atoms with E-state index < -0.39 is 6.10 Å². The number of rotatable bonds is 5. The highest BCUT2D eigenvalue weighted by molar-refractivity contribution is 5.96. The normalized spacial score (nSPS) is 12.0. The Morgan fingerprint density at radius 1 is 0.935 bits per heavy atom. The third-order valence-corrected chi connectivity index (χ3v) is 5.10. The maximum absolute atomic E-state index is 12.7. The summed E-state index contributed by atoms with van der Waals surface area (Å²) in [6.45, 7) is 1.74. The van der Waals surface area contributed by atoms with Gasteiger partial charge in [0.15, 0.2) is 11.7 Å². The number of anilines is 1. The molecule has 152 valence electrons. The Bertz CT molecular complexity index is 1370. The predicted molar refractivity (Wildman–Crippen MR) is 122 cm³/mol. The van der Waals surface area contributed by atoms with Gasteiger partial charge in [-0.3, -0.25) is 4.79 Å². The van der Waals surface area contributed by atoms with Gasteiger partial charge in [0, 0.05) is 16.6 Å². The van der Waals surface area contributed by atoms with Crippen LogP contribution in [0.15, 0.2) is 95.4 Å². The van der Waals surface area contributed by atoms with Crippen LogP contribution in [0.1, 0.15) is 6.92 Å². The van der Waals surface area contributed by atoms with Gasteiger partial charge in [-0.25, -0.2) is 4.98 Å². The standard InChI is InChI=1S/C26H20N2O3/c1-17(30-23-13-7-11-18-8-5-6-12-21(18)23)25(29)27-20-14-15-24-22(16-20)28-26(31-24)19-9-3-2-4-10-19/h2-17H,1H3,(H,27,29). The lowest BCUT2D eigenvalue weighted by Crippen LogP contribution is -2.30. The van der Waals surface area contributed by atoms with Gasteiger partial charge in [0.1, 0.15) is 11.3 Å². The molecule has 0 radical (unpaired) electrons. The van der Waals surface area contributed by atoms with Gasteiger partial charge in [0.25, 0.3) is 5.91 Å². The van der Waals surface area contributed by atoms with E-state index >= 15 is 0 Å². The zero-order valence-electron chi connectivity index (χ0n) is 16.9. The number of hydrogen-bond donors (Lipinski definition) is 1. The Balaban J connectivity index is 1.33. The van der Waals surface area contributed by atoms with Gasteiger partial charge in [-0.1, -0.05) is 54.6 Å². The van der Waals surface area contributed by atoms with Crippen molar-refractivity contribution >= 4 is 33.5 Å². The first kappa shape index (κ1) is 18.9. The van der Waals surface area contributed by atoms with Crippen molar-refractivity contribution in [3.8, 4) is 17.2 Å². The molecule has 1 amide bonds. The van der Waals surface area contributed by atoms with Crippen molar-refractivity contribution < 1.29 is 13.9 Å². The molecule has 0 bridgehead atoms. The second kappa shape index (κ2) is 7.95. The van der Waals surface area contributed by atoms with E-state index in [4.69, 9.17) is 9.15 Å². The molecule has 31 heavy (non-hydrogen) atoms. The Kier molecular flexibility index (Phi) is 4.84. The van der Waals surface area contributed by atoms with Crippen LogP contribution in [0, 0.1) is 0 Å². The minimum atomic E-state index is -0.668. The predicted octanol–water partition coefficient (Wildman–Crippen LogP) is 6.05. The van der Waals surface area contributed by atoms with Crippen molar-refractivity contribution in [3.05, 3.63) is 91.0 Å². The summed E-state index contributed by atoms with van der Waals surface area (Å²) >= 11 is 0. The zero-order chi connectivity index (χ0) is 21.2. The van der Waals surface area contributed by atoms with Crippen molar-refractivity contribution in [2.45, 2.75) is 13.0 Å². The lowest BCUT2D eigenvalue weighted by molar-refractivity contribution is -0.122. The summed E-state index contributed by atoms with van der Waals surface area (Å²) < 4.78 is 11.8. The fraction of sp³-hybridized carbons (Fsp3) is 0.0769. The summed E-state index contributed by atoms with van der Waals surface area (Å²) in [7, 11) is 0. The van der Waals surface area contributed by atoms with E-state index in [1.54, 1.807) is 25.1 Å². The van der Waals surface area contributed by atoms with E-state index in [1.807, 2.05) is 72.8 Å². The highest BCUT2D eigenvalue weighted by Crippen LogP contribution is 2.28. The van der Waals surface area contributed by atoms with Crippen LogP contribution >= 0.6 is 0 Å². The molecule has 5 aromatic rings. The van der Waals surface area contributed by atoms with E-state index in [1.165, 1.54) is 0 Å². The number of amides is 1. The second-order valence-electron chi connectivity index (χ2n) is 7.29. The highest BCUT2D eigenvalue weighted by atomic mass is 16.5. The lowest BCUT2D eigenvalue weighted by Gasteiger charge is -2.16. The van der Waals surface area contributed by atoms with Gasteiger partial charge in [0.05, 0.1) is 0 Å². The number of oxazole rings is 1. The third kappa shape index (κ3) is 3.85. The van der Waals surface area contributed by atoms with Crippen molar-refractivity contribution in [1.29, 1.82) is 0 Å². The smallest absolute Gasteiger partial charge is 0.265 e. The van der Waals surface area contributed by atoms with E-state index in [2.05, 4.69) is 10.3 Å². The van der Waals surface area contributed by atoms with Crippen molar-refractivity contribution in [2.75, 3.05) is 5.32 Å². The molecule has 1 atom stereocenters. The van der Waals surface area contributed by atoms with Crippen LogP contribution < -0.4 is 10.1 Å². The molecule has 5 rings (SSSR count). The fourth-order valence-electron chi connectivity index (χ4n) is 3.50. The van der Waals surface area contributed by atoms with Crippen LogP contribution in [0.25, 0.3) is 33.3 Å². The zero-order valence-corrected chi connectivity index (χ0v) is 16.9. The Morgan fingerprint density at radius 3 is 2.58 bits per heavy atom. The second-order valence-corrected chi connectivity index (χ2v) is 7.29. The number of fused-ring (bicyclic) bond motifs is 2. The quantitative estimate of drug-likeness (QED) is 0.384. The number of carbonyl (C=O) groups is 1. The van der Waals surface area contributed by atoms with Crippen LogP contribution in [0.5, 0.6) is 5.75 Å². The topological polar surface area (TPSA) is 64.4 Å². The maximum atomic E-state index is 12.7. The fourth-order valence-corrected chi connectivity index (χ4v) is 3.50. The number of benzene rings is 4. The molecule has 1 N–H and O–H groups in total. The minimum Gasteiger partial charge on any atom is -0.480 e. The Hall–Kier alpha value is -4.12. The van der Waals surface area contributed by atoms with Crippen molar-refractivity contribution in [3.63, 3.8) is 0 Å². The summed E-state index contributed by atoms with van der Waals surface area (Å²) in [6.07, 6.45) is -0.668. The number of nitrogens with one attached hydrogen (secondary N) is 1. The van der Waals surface area contributed by atoms with E-state index in [0.29, 0.717) is 28.4 Å². The van der Waals surface area contributed by atoms with Crippen LogP contribution in [0.3, 0.4) is 0 Å². The van der Waals surface area contributed by atoms with Crippen LogP contribution in [0.4, 0.5) is 5.69 Å². The first-order chi connectivity index (χ1) is 15.2. The molecule has 1 aromatic heterocycles. The number of hydrogen-bond acceptors (Lipinski definition) is 4. The molecule has 0 saturated heterocycles. The molecule has 5 nitrogen and oxygen atoms in total. The number of ether oxygens (including phenoxy) is 1. The van der Waals surface area contributed by atoms with Crippen LogP contribution in [-0.4, -0.2) is 17.0 Å². The average molecular weight is 408 g/mol. The Labute approximate surface area is 179 Å². The number of aromatic nitrogens is 1. The van der Waals surface area contributed by atoms with Crippen molar-refractivity contribution in [1.82, 2.24) is 4.98 Å². The summed E-state index contributed by atoms with van der Waals surface area (Å²) in [5.41, 5.74) is 2.89. The van der Waals surface area contributed by atoms with Gasteiger partial charge < -0.3 is 14.5 Å². The van der Waals surface area contributed by atoms with E-state index in [-0.39, 0.29) is 5.91 Å². The number of nitrogens with zero attached hydrogens (tertiary/aromatic N) is 1. The molecule has 0 aliphatic rings. The first-order valence-electron chi connectivity index (χ1n) is 10.1. The molecular formula is C26H20N2O3. The highest BCUT2D eigenvalue weighted by Gasteiger charge is 2.17. The molecule has 0 aliphatic heterocycles. The summed E-state index contributed by atoms with van der Waals surface area (Å²) in [6, 6.07) is 28.9. The molecule has 0 fully saturated rings. The monoisotopic (exact) mass is 408 g/mol. The van der Waals surface area contributed by atoms with Crippen molar-refractivity contribution in [2.24, 2.45) is 0 Å². The molecule has 1 unspecified atom stereocenters. The first-order valence-corrected chi connectivity index (χ1v) is 10.1. The summed E-state index contributed by atoms with van der Waals surface area (Å²) in [4.78, 5) is 17.3. The van der Waals surface area contributed by atoms with Crippen LogP contribution in [-0.2, 0) is 4.79 Å². The average Bonchev–Trinajstić information content (AvgIpc) is 3.23. The molecule has 5 heteroatoms. The Morgan fingerprint density at radius 2 is 1.71 bits per heavy atom. The molecule has 0 saturated carbocycles. The molecular weight excluding hydrogens is 388 g/mol. The minimum absolute atomic E-state index is 0.237. The third-order valence-electron chi connectivity index (χ3n) is 5.10. The molecule has 1 heterocycles. The van der Waals surface area contributed by atoms with E-state index in [0.717, 1.165) is 16.3 Å².